The number of carbonyl (C=O) groups excluding carboxylic acids is 1. The van der Waals surface area contributed by atoms with Gasteiger partial charge >= 0.3 is 5.97 Å². The van der Waals surface area contributed by atoms with E-state index in [1.165, 1.54) is 0 Å². The van der Waals surface area contributed by atoms with Crippen molar-refractivity contribution in [3.8, 4) is 0 Å². The average molecular weight is 257 g/mol. The van der Waals surface area contributed by atoms with Crippen molar-refractivity contribution < 1.29 is 14.6 Å². The standard InChI is InChI=1S/C14H27NO3/c1-13(2,3)18-12(16)11-7-6-9-15(11)10-8-14(4,5)17/h11,17H,6-10H2,1-5H3/t11-/m0/s1. The summed E-state index contributed by atoms with van der Waals surface area (Å²) in [6, 6.07) is -0.133. The van der Waals surface area contributed by atoms with Crippen LogP contribution >= 0.6 is 0 Å². The minimum Gasteiger partial charge on any atom is -0.459 e. The number of nitrogens with zero attached hydrogens (tertiary/aromatic N) is 1. The number of aliphatic hydroxyl groups is 1. The van der Waals surface area contributed by atoms with Gasteiger partial charge in [0.2, 0.25) is 0 Å². The lowest BCUT2D eigenvalue weighted by atomic mass is 10.1. The molecule has 0 radical (unpaired) electrons. The Morgan fingerprint density at radius 3 is 2.44 bits per heavy atom. The van der Waals surface area contributed by atoms with Gasteiger partial charge in [-0.25, -0.2) is 0 Å². The molecule has 0 spiro atoms. The lowest BCUT2D eigenvalue weighted by Crippen LogP contribution is -2.42. The van der Waals surface area contributed by atoms with Gasteiger partial charge in [-0.05, 0) is 60.4 Å². The Morgan fingerprint density at radius 1 is 1.33 bits per heavy atom. The topological polar surface area (TPSA) is 49.8 Å². The van der Waals surface area contributed by atoms with Crippen LogP contribution in [0.3, 0.4) is 0 Å². The molecule has 1 atom stereocenters. The van der Waals surface area contributed by atoms with Crippen molar-refractivity contribution in [1.82, 2.24) is 4.90 Å². The van der Waals surface area contributed by atoms with Gasteiger partial charge in [-0.3, -0.25) is 9.69 Å². The molecular formula is C14H27NO3. The molecule has 0 aromatic carbocycles. The van der Waals surface area contributed by atoms with Crippen molar-refractivity contribution in [2.24, 2.45) is 0 Å². The van der Waals surface area contributed by atoms with Crippen molar-refractivity contribution >= 4 is 5.97 Å². The van der Waals surface area contributed by atoms with E-state index in [2.05, 4.69) is 4.90 Å². The van der Waals surface area contributed by atoms with Crippen LogP contribution < -0.4 is 0 Å². The van der Waals surface area contributed by atoms with Crippen LogP contribution in [0.5, 0.6) is 0 Å². The van der Waals surface area contributed by atoms with Crippen LogP contribution in [-0.4, -0.2) is 46.3 Å². The summed E-state index contributed by atoms with van der Waals surface area (Å²) in [6.07, 6.45) is 2.56. The molecule has 0 aromatic heterocycles. The molecular weight excluding hydrogens is 230 g/mol. The van der Waals surface area contributed by atoms with E-state index >= 15 is 0 Å². The number of hydrogen-bond donors (Lipinski definition) is 1. The molecule has 4 nitrogen and oxygen atoms in total. The molecule has 1 saturated heterocycles. The van der Waals surface area contributed by atoms with E-state index in [9.17, 15) is 9.90 Å². The summed E-state index contributed by atoms with van der Waals surface area (Å²) in [5, 5.41) is 9.75. The monoisotopic (exact) mass is 257 g/mol. The second kappa shape index (κ2) is 5.57. The maximum atomic E-state index is 12.1. The SMILES string of the molecule is CC(C)(O)CCN1CCC[C@H]1C(=O)OC(C)(C)C. The highest BCUT2D eigenvalue weighted by atomic mass is 16.6. The molecule has 18 heavy (non-hydrogen) atoms. The van der Waals surface area contributed by atoms with Gasteiger partial charge < -0.3 is 9.84 Å². The fraction of sp³-hybridized carbons (Fsp3) is 0.929. The first-order valence-corrected chi connectivity index (χ1v) is 6.78. The molecule has 0 amide bonds. The van der Waals surface area contributed by atoms with E-state index in [1.807, 2.05) is 20.8 Å². The van der Waals surface area contributed by atoms with Crippen LogP contribution in [0.25, 0.3) is 0 Å². The lowest BCUT2D eigenvalue weighted by Gasteiger charge is -2.29. The van der Waals surface area contributed by atoms with Gasteiger partial charge in [0.25, 0.3) is 0 Å². The highest BCUT2D eigenvalue weighted by Crippen LogP contribution is 2.22. The molecule has 1 fully saturated rings. The van der Waals surface area contributed by atoms with Crippen LogP contribution in [-0.2, 0) is 9.53 Å². The minimum atomic E-state index is -0.679. The van der Waals surface area contributed by atoms with Gasteiger partial charge in [-0.15, -0.1) is 0 Å². The highest BCUT2D eigenvalue weighted by Gasteiger charge is 2.34. The van der Waals surface area contributed by atoms with E-state index in [0.29, 0.717) is 6.42 Å². The zero-order valence-electron chi connectivity index (χ0n) is 12.3. The molecule has 1 heterocycles. The van der Waals surface area contributed by atoms with Crippen LogP contribution in [0.1, 0.15) is 53.9 Å². The first-order valence-electron chi connectivity index (χ1n) is 6.78. The predicted molar refractivity (Wildman–Crippen MR) is 71.4 cm³/mol. The third kappa shape index (κ3) is 5.36. The summed E-state index contributed by atoms with van der Waals surface area (Å²) in [4.78, 5) is 14.2. The van der Waals surface area contributed by atoms with Gasteiger partial charge in [-0.2, -0.15) is 0 Å². The maximum Gasteiger partial charge on any atom is 0.323 e. The van der Waals surface area contributed by atoms with E-state index in [4.69, 9.17) is 4.74 Å². The van der Waals surface area contributed by atoms with Crippen molar-refractivity contribution in [2.45, 2.75) is 71.1 Å². The predicted octanol–water partition coefficient (Wildman–Crippen LogP) is 1.95. The smallest absolute Gasteiger partial charge is 0.323 e. The molecule has 0 aliphatic carbocycles. The summed E-state index contributed by atoms with van der Waals surface area (Å²) in [6.45, 7) is 10.9. The van der Waals surface area contributed by atoms with Gasteiger partial charge in [0.1, 0.15) is 11.6 Å². The van der Waals surface area contributed by atoms with Gasteiger partial charge in [-0.1, -0.05) is 0 Å². The normalized spacial score (nSPS) is 22.2. The molecule has 1 rings (SSSR count). The molecule has 1 aliphatic heterocycles. The van der Waals surface area contributed by atoms with E-state index in [1.54, 1.807) is 13.8 Å². The molecule has 106 valence electrons. The first kappa shape index (κ1) is 15.4. The van der Waals surface area contributed by atoms with E-state index < -0.39 is 11.2 Å². The first-order chi connectivity index (χ1) is 8.08. The zero-order valence-corrected chi connectivity index (χ0v) is 12.3. The quantitative estimate of drug-likeness (QED) is 0.782. The number of rotatable bonds is 4. The largest absolute Gasteiger partial charge is 0.459 e. The van der Waals surface area contributed by atoms with Crippen LogP contribution in [0.2, 0.25) is 0 Å². The fourth-order valence-corrected chi connectivity index (χ4v) is 2.15. The van der Waals surface area contributed by atoms with E-state index in [0.717, 1.165) is 25.9 Å². The number of hydrogen-bond acceptors (Lipinski definition) is 4. The lowest BCUT2D eigenvalue weighted by molar-refractivity contribution is -0.160. The van der Waals surface area contributed by atoms with Crippen molar-refractivity contribution in [3.05, 3.63) is 0 Å². The molecule has 0 saturated carbocycles. The highest BCUT2D eigenvalue weighted by molar-refractivity contribution is 5.76. The van der Waals surface area contributed by atoms with Crippen LogP contribution in [0.4, 0.5) is 0 Å². The zero-order chi connectivity index (χ0) is 14.0. The van der Waals surface area contributed by atoms with Gasteiger partial charge in [0.05, 0.1) is 5.60 Å². The van der Waals surface area contributed by atoms with Gasteiger partial charge in [0.15, 0.2) is 0 Å². The number of carbonyl (C=O) groups is 1. The third-order valence-corrected chi connectivity index (χ3v) is 3.05. The average Bonchev–Trinajstić information content (AvgIpc) is 2.58. The summed E-state index contributed by atoms with van der Waals surface area (Å²) in [5.74, 6) is -0.129. The van der Waals surface area contributed by atoms with Crippen molar-refractivity contribution in [2.75, 3.05) is 13.1 Å². The van der Waals surface area contributed by atoms with Crippen LogP contribution in [0.15, 0.2) is 0 Å². The second-order valence-corrected chi connectivity index (χ2v) is 6.79. The van der Waals surface area contributed by atoms with Crippen molar-refractivity contribution in [3.63, 3.8) is 0 Å². The molecule has 0 aromatic rings. The second-order valence-electron chi connectivity index (χ2n) is 6.79. The Morgan fingerprint density at radius 2 is 1.94 bits per heavy atom. The third-order valence-electron chi connectivity index (χ3n) is 3.05. The van der Waals surface area contributed by atoms with Crippen molar-refractivity contribution in [1.29, 1.82) is 0 Å². The Hall–Kier alpha value is -0.610. The Kier molecular flexibility index (Phi) is 4.78. The van der Waals surface area contributed by atoms with Gasteiger partial charge in [0, 0.05) is 6.54 Å². The Balaban J connectivity index is 2.51. The fourth-order valence-electron chi connectivity index (χ4n) is 2.15. The van der Waals surface area contributed by atoms with E-state index in [-0.39, 0.29) is 12.0 Å². The number of likely N-dealkylation sites (tertiary alicyclic amines) is 1. The number of ether oxygens (including phenoxy) is 1. The summed E-state index contributed by atoms with van der Waals surface area (Å²) < 4.78 is 5.44. The Labute approximate surface area is 110 Å². The minimum absolute atomic E-state index is 0.129. The summed E-state index contributed by atoms with van der Waals surface area (Å²) in [5.41, 5.74) is -1.11. The molecule has 0 unspecified atom stereocenters. The molecule has 0 bridgehead atoms. The van der Waals surface area contributed by atoms with Crippen LogP contribution in [0, 0.1) is 0 Å². The Bertz CT molecular complexity index is 288. The summed E-state index contributed by atoms with van der Waals surface area (Å²) >= 11 is 0. The molecule has 1 N–H and O–H groups in total. The molecule has 1 aliphatic rings. The number of esters is 1. The summed E-state index contributed by atoms with van der Waals surface area (Å²) in [7, 11) is 0. The maximum absolute atomic E-state index is 12.1. The molecule has 4 heteroatoms.